The summed E-state index contributed by atoms with van der Waals surface area (Å²) in [6, 6.07) is 10.5. The first-order valence-corrected chi connectivity index (χ1v) is 7.06. The summed E-state index contributed by atoms with van der Waals surface area (Å²) in [5.41, 5.74) is 0.794. The SMILES string of the molecule is COC(=O)C(CNC(=O)Nc1ccns1)c1ccccc1. The molecule has 0 saturated heterocycles. The number of nitrogens with zero attached hydrogens (tertiary/aromatic N) is 1. The molecule has 1 aromatic heterocycles. The van der Waals surface area contributed by atoms with E-state index in [2.05, 4.69) is 15.0 Å². The lowest BCUT2D eigenvalue weighted by Crippen LogP contribution is -2.35. The summed E-state index contributed by atoms with van der Waals surface area (Å²) in [6.07, 6.45) is 1.60. The normalized spacial score (nSPS) is 11.5. The highest BCUT2D eigenvalue weighted by Crippen LogP contribution is 2.16. The average molecular weight is 305 g/mol. The van der Waals surface area contributed by atoms with Gasteiger partial charge in [0.15, 0.2) is 0 Å². The number of amides is 2. The van der Waals surface area contributed by atoms with Crippen LogP contribution in [0, 0.1) is 0 Å². The van der Waals surface area contributed by atoms with Crippen molar-refractivity contribution in [3.8, 4) is 0 Å². The maximum Gasteiger partial charge on any atom is 0.319 e. The predicted octanol–water partition coefficient (Wildman–Crippen LogP) is 2.22. The first kappa shape index (κ1) is 15.0. The maximum absolute atomic E-state index is 11.8. The van der Waals surface area contributed by atoms with E-state index in [-0.39, 0.29) is 18.5 Å². The summed E-state index contributed by atoms with van der Waals surface area (Å²) in [6.45, 7) is 0.154. The molecule has 0 radical (unpaired) electrons. The highest BCUT2D eigenvalue weighted by atomic mass is 32.1. The molecule has 21 heavy (non-hydrogen) atoms. The number of urea groups is 1. The molecule has 2 amide bonds. The molecule has 6 nitrogen and oxygen atoms in total. The Kier molecular flexibility index (Phi) is 5.28. The minimum Gasteiger partial charge on any atom is -0.468 e. The Bertz CT molecular complexity index is 587. The number of anilines is 1. The molecular weight excluding hydrogens is 290 g/mol. The van der Waals surface area contributed by atoms with Crippen LogP contribution in [0.2, 0.25) is 0 Å². The number of hydrogen-bond donors (Lipinski definition) is 2. The van der Waals surface area contributed by atoms with Crippen molar-refractivity contribution < 1.29 is 14.3 Å². The van der Waals surface area contributed by atoms with E-state index < -0.39 is 5.92 Å². The second-order valence-corrected chi connectivity index (χ2v) is 5.03. The Morgan fingerprint density at radius 2 is 2.05 bits per heavy atom. The summed E-state index contributed by atoms with van der Waals surface area (Å²) in [5.74, 6) is -0.928. The van der Waals surface area contributed by atoms with Crippen LogP contribution in [0.15, 0.2) is 42.6 Å². The van der Waals surface area contributed by atoms with E-state index in [4.69, 9.17) is 4.74 Å². The number of nitrogens with one attached hydrogen (secondary N) is 2. The number of benzene rings is 1. The van der Waals surface area contributed by atoms with Crippen molar-refractivity contribution in [2.24, 2.45) is 0 Å². The van der Waals surface area contributed by atoms with Crippen molar-refractivity contribution >= 4 is 28.5 Å². The van der Waals surface area contributed by atoms with E-state index in [1.54, 1.807) is 12.3 Å². The summed E-state index contributed by atoms with van der Waals surface area (Å²) >= 11 is 1.18. The molecule has 0 spiro atoms. The summed E-state index contributed by atoms with van der Waals surface area (Å²) < 4.78 is 8.67. The molecule has 1 aromatic carbocycles. The fourth-order valence-electron chi connectivity index (χ4n) is 1.80. The van der Waals surface area contributed by atoms with Gasteiger partial charge in [-0.15, -0.1) is 0 Å². The van der Waals surface area contributed by atoms with Gasteiger partial charge < -0.3 is 10.1 Å². The molecule has 2 N–H and O–H groups in total. The van der Waals surface area contributed by atoms with Gasteiger partial charge in [-0.25, -0.2) is 4.79 Å². The van der Waals surface area contributed by atoms with Crippen LogP contribution in [0.25, 0.3) is 0 Å². The van der Waals surface area contributed by atoms with Gasteiger partial charge in [-0.3, -0.25) is 10.1 Å². The Morgan fingerprint density at radius 3 is 2.67 bits per heavy atom. The molecule has 2 rings (SSSR count). The summed E-state index contributed by atoms with van der Waals surface area (Å²) in [4.78, 5) is 23.6. The highest BCUT2D eigenvalue weighted by Gasteiger charge is 2.21. The third-order valence-electron chi connectivity index (χ3n) is 2.83. The molecule has 110 valence electrons. The summed E-state index contributed by atoms with van der Waals surface area (Å²) in [5, 5.41) is 5.94. The molecule has 0 aliphatic heterocycles. The van der Waals surface area contributed by atoms with Crippen molar-refractivity contribution in [1.29, 1.82) is 0 Å². The van der Waals surface area contributed by atoms with Crippen LogP contribution in [0.3, 0.4) is 0 Å². The lowest BCUT2D eigenvalue weighted by atomic mass is 9.99. The average Bonchev–Trinajstić information content (AvgIpc) is 3.01. The van der Waals surface area contributed by atoms with Gasteiger partial charge in [0, 0.05) is 12.7 Å². The molecule has 0 aliphatic rings. The molecule has 2 aromatic rings. The zero-order valence-electron chi connectivity index (χ0n) is 11.4. The first-order valence-electron chi connectivity index (χ1n) is 6.29. The zero-order chi connectivity index (χ0) is 15.1. The van der Waals surface area contributed by atoms with Crippen molar-refractivity contribution in [3.63, 3.8) is 0 Å². The van der Waals surface area contributed by atoms with E-state index >= 15 is 0 Å². The molecule has 7 heteroatoms. The lowest BCUT2D eigenvalue weighted by molar-refractivity contribution is -0.142. The number of carbonyl (C=O) groups is 2. The fourth-order valence-corrected chi connectivity index (χ4v) is 2.29. The van der Waals surface area contributed by atoms with Crippen molar-refractivity contribution in [2.45, 2.75) is 5.92 Å². The quantitative estimate of drug-likeness (QED) is 0.830. The van der Waals surface area contributed by atoms with Gasteiger partial charge in [0.1, 0.15) is 5.00 Å². The van der Waals surface area contributed by atoms with E-state index in [9.17, 15) is 9.59 Å². The standard InChI is InChI=1S/C14H15N3O3S/c1-20-13(18)11(10-5-3-2-4-6-10)9-15-14(19)17-12-7-8-16-21-12/h2-8,11H,9H2,1H3,(H2,15,17,19). The largest absolute Gasteiger partial charge is 0.468 e. The van der Waals surface area contributed by atoms with Crippen LogP contribution in [-0.4, -0.2) is 30.0 Å². The van der Waals surface area contributed by atoms with Gasteiger partial charge in [0.05, 0.1) is 13.0 Å². The first-order chi connectivity index (χ1) is 10.2. The van der Waals surface area contributed by atoms with Crippen molar-refractivity contribution in [3.05, 3.63) is 48.2 Å². The van der Waals surface area contributed by atoms with Crippen LogP contribution in [0.4, 0.5) is 9.80 Å². The Morgan fingerprint density at radius 1 is 1.29 bits per heavy atom. The minimum atomic E-state index is -0.539. The number of hydrogen-bond acceptors (Lipinski definition) is 5. The highest BCUT2D eigenvalue weighted by molar-refractivity contribution is 7.10. The number of carbonyl (C=O) groups excluding carboxylic acids is 2. The van der Waals surface area contributed by atoms with Gasteiger partial charge in [0.2, 0.25) is 0 Å². The van der Waals surface area contributed by atoms with Gasteiger partial charge in [-0.05, 0) is 23.2 Å². The van der Waals surface area contributed by atoms with Gasteiger partial charge in [0.25, 0.3) is 0 Å². The van der Waals surface area contributed by atoms with Crippen molar-refractivity contribution in [2.75, 3.05) is 19.0 Å². The lowest BCUT2D eigenvalue weighted by Gasteiger charge is -2.15. The molecule has 0 fully saturated rings. The second-order valence-electron chi connectivity index (χ2n) is 4.20. The van der Waals surface area contributed by atoms with E-state index in [0.717, 1.165) is 5.56 Å². The zero-order valence-corrected chi connectivity index (χ0v) is 12.2. The monoisotopic (exact) mass is 305 g/mol. The number of rotatable bonds is 5. The molecule has 0 bridgehead atoms. The molecule has 1 unspecified atom stereocenters. The van der Waals surface area contributed by atoms with Gasteiger partial charge in [-0.1, -0.05) is 30.3 Å². The van der Waals surface area contributed by atoms with Crippen LogP contribution in [0.5, 0.6) is 0 Å². The van der Waals surface area contributed by atoms with Crippen LogP contribution < -0.4 is 10.6 Å². The Labute approximate surface area is 126 Å². The number of esters is 1. The van der Waals surface area contributed by atoms with Gasteiger partial charge in [-0.2, -0.15) is 4.37 Å². The third kappa shape index (κ3) is 4.28. The Balaban J connectivity index is 1.96. The maximum atomic E-state index is 11.8. The van der Waals surface area contributed by atoms with E-state index in [1.807, 2.05) is 30.3 Å². The smallest absolute Gasteiger partial charge is 0.319 e. The van der Waals surface area contributed by atoms with Crippen LogP contribution in [0.1, 0.15) is 11.5 Å². The van der Waals surface area contributed by atoms with Gasteiger partial charge >= 0.3 is 12.0 Å². The fraction of sp³-hybridized carbons (Fsp3) is 0.214. The topological polar surface area (TPSA) is 80.3 Å². The minimum absolute atomic E-state index is 0.154. The molecule has 1 atom stereocenters. The summed E-state index contributed by atoms with van der Waals surface area (Å²) in [7, 11) is 1.33. The molecule has 0 saturated carbocycles. The van der Waals surface area contributed by atoms with Crippen LogP contribution >= 0.6 is 11.5 Å². The molecule has 0 aliphatic carbocycles. The second kappa shape index (κ2) is 7.39. The third-order valence-corrected chi connectivity index (χ3v) is 3.49. The van der Waals surface area contributed by atoms with E-state index in [0.29, 0.717) is 5.00 Å². The number of aromatic nitrogens is 1. The van der Waals surface area contributed by atoms with Crippen molar-refractivity contribution in [1.82, 2.24) is 9.69 Å². The molecular formula is C14H15N3O3S. The Hall–Kier alpha value is -2.41. The number of methoxy groups -OCH3 is 1. The van der Waals surface area contributed by atoms with Crippen LogP contribution in [-0.2, 0) is 9.53 Å². The molecule has 1 heterocycles. The van der Waals surface area contributed by atoms with E-state index in [1.165, 1.54) is 18.6 Å². The number of ether oxygens (including phenoxy) is 1. The predicted molar refractivity (Wildman–Crippen MR) is 80.3 cm³/mol.